The maximum atomic E-state index is 5.38. The second-order valence-corrected chi connectivity index (χ2v) is 5.01. The highest BCUT2D eigenvalue weighted by atomic mass is 32.1. The predicted molar refractivity (Wildman–Crippen MR) is 61.4 cm³/mol. The Kier molecular flexibility index (Phi) is 3.21. The lowest BCUT2D eigenvalue weighted by Gasteiger charge is -2.22. The molecule has 84 valence electrons. The van der Waals surface area contributed by atoms with Gasteiger partial charge in [-0.15, -0.1) is 0 Å². The van der Waals surface area contributed by atoms with Crippen molar-refractivity contribution in [3.8, 4) is 0 Å². The van der Waals surface area contributed by atoms with Crippen LogP contribution in [0.1, 0.15) is 32.5 Å². The summed E-state index contributed by atoms with van der Waals surface area (Å²) in [7, 11) is 0. The Morgan fingerprint density at radius 1 is 1.60 bits per heavy atom. The van der Waals surface area contributed by atoms with Crippen LogP contribution in [0.2, 0.25) is 0 Å². The molecule has 15 heavy (non-hydrogen) atoms. The van der Waals surface area contributed by atoms with Gasteiger partial charge in [0.2, 0.25) is 5.13 Å². The van der Waals surface area contributed by atoms with E-state index in [2.05, 4.69) is 28.5 Å². The highest BCUT2D eigenvalue weighted by Gasteiger charge is 2.30. The number of hydrogen-bond donors (Lipinski definition) is 1. The van der Waals surface area contributed by atoms with Crippen molar-refractivity contribution in [1.29, 1.82) is 0 Å². The van der Waals surface area contributed by atoms with Crippen LogP contribution in [0.4, 0.5) is 5.13 Å². The molecule has 2 rings (SSSR count). The summed E-state index contributed by atoms with van der Waals surface area (Å²) < 4.78 is 9.69. The van der Waals surface area contributed by atoms with Gasteiger partial charge in [-0.1, -0.05) is 6.92 Å². The maximum Gasteiger partial charge on any atom is 0.203 e. The molecule has 0 spiro atoms. The number of aromatic nitrogens is 2. The molecule has 0 aromatic carbocycles. The average Bonchev–Trinajstić information content (AvgIpc) is 2.77. The minimum Gasteiger partial charge on any atom is -0.379 e. The van der Waals surface area contributed by atoms with Crippen LogP contribution >= 0.6 is 11.5 Å². The van der Waals surface area contributed by atoms with E-state index in [1.807, 2.05) is 0 Å². The molecule has 2 heterocycles. The van der Waals surface area contributed by atoms with Crippen LogP contribution < -0.4 is 5.32 Å². The molecule has 1 atom stereocenters. The first-order valence-electron chi connectivity index (χ1n) is 5.40. The monoisotopic (exact) mass is 227 g/mol. The van der Waals surface area contributed by atoms with Crippen molar-refractivity contribution in [2.45, 2.75) is 38.6 Å². The fourth-order valence-electron chi connectivity index (χ4n) is 1.65. The van der Waals surface area contributed by atoms with Crippen LogP contribution in [-0.2, 0) is 11.2 Å². The molecule has 0 aliphatic carbocycles. The van der Waals surface area contributed by atoms with E-state index in [0.717, 1.165) is 43.4 Å². The summed E-state index contributed by atoms with van der Waals surface area (Å²) in [6, 6.07) is 0. The molecule has 0 amide bonds. The molecule has 1 unspecified atom stereocenters. The van der Waals surface area contributed by atoms with E-state index in [4.69, 9.17) is 4.74 Å². The van der Waals surface area contributed by atoms with Gasteiger partial charge < -0.3 is 10.1 Å². The lowest BCUT2D eigenvalue weighted by Crippen LogP contribution is -2.34. The number of nitrogens with one attached hydrogen (secondary N) is 1. The summed E-state index contributed by atoms with van der Waals surface area (Å²) in [6.45, 7) is 5.90. The van der Waals surface area contributed by atoms with Gasteiger partial charge in [-0.05, 0) is 19.8 Å². The number of rotatable bonds is 4. The van der Waals surface area contributed by atoms with Crippen LogP contribution in [-0.4, -0.2) is 28.1 Å². The Morgan fingerprint density at radius 3 is 3.13 bits per heavy atom. The largest absolute Gasteiger partial charge is 0.379 e. The van der Waals surface area contributed by atoms with Crippen molar-refractivity contribution in [1.82, 2.24) is 9.36 Å². The van der Waals surface area contributed by atoms with Crippen molar-refractivity contribution in [3.63, 3.8) is 0 Å². The minimum absolute atomic E-state index is 0.0447. The predicted octanol–water partition coefficient (Wildman–Crippen LogP) is 2.08. The van der Waals surface area contributed by atoms with Gasteiger partial charge in [-0.25, -0.2) is 4.98 Å². The molecule has 1 aliphatic rings. The molecule has 0 saturated carbocycles. The third-order valence-electron chi connectivity index (χ3n) is 2.57. The highest BCUT2D eigenvalue weighted by Crippen LogP contribution is 2.24. The standard InChI is InChI=1S/C10H17N3OS/c1-3-4-8-11-9(15-13-8)12-10(2)5-6-14-7-10/h3-7H2,1-2H3,(H,11,12,13). The molecule has 1 aromatic rings. The van der Waals surface area contributed by atoms with Crippen molar-refractivity contribution in [3.05, 3.63) is 5.82 Å². The second kappa shape index (κ2) is 4.45. The fourth-order valence-corrected chi connectivity index (χ4v) is 2.42. The van der Waals surface area contributed by atoms with Gasteiger partial charge in [0.25, 0.3) is 0 Å². The smallest absolute Gasteiger partial charge is 0.203 e. The summed E-state index contributed by atoms with van der Waals surface area (Å²) in [4.78, 5) is 4.45. The van der Waals surface area contributed by atoms with Gasteiger partial charge >= 0.3 is 0 Å². The summed E-state index contributed by atoms with van der Waals surface area (Å²) >= 11 is 1.45. The van der Waals surface area contributed by atoms with Gasteiger partial charge in [0.05, 0.1) is 12.1 Å². The van der Waals surface area contributed by atoms with E-state index in [1.165, 1.54) is 11.5 Å². The van der Waals surface area contributed by atoms with Crippen LogP contribution in [0.5, 0.6) is 0 Å². The molecule has 4 nitrogen and oxygen atoms in total. The van der Waals surface area contributed by atoms with Crippen LogP contribution in [0.25, 0.3) is 0 Å². The van der Waals surface area contributed by atoms with Crippen LogP contribution in [0.3, 0.4) is 0 Å². The Labute approximate surface area is 94.2 Å². The Morgan fingerprint density at radius 2 is 2.47 bits per heavy atom. The molecule has 1 aliphatic heterocycles. The molecule has 1 aromatic heterocycles. The Bertz CT molecular complexity index is 320. The lowest BCUT2D eigenvalue weighted by atomic mass is 10.0. The number of nitrogens with zero attached hydrogens (tertiary/aromatic N) is 2. The van der Waals surface area contributed by atoms with E-state index >= 15 is 0 Å². The third-order valence-corrected chi connectivity index (χ3v) is 3.24. The molecular weight excluding hydrogens is 210 g/mol. The van der Waals surface area contributed by atoms with Gasteiger partial charge in [-0.3, -0.25) is 0 Å². The summed E-state index contributed by atoms with van der Waals surface area (Å²) in [5.41, 5.74) is 0.0447. The van der Waals surface area contributed by atoms with Gasteiger partial charge in [0, 0.05) is 24.6 Å². The van der Waals surface area contributed by atoms with Gasteiger partial charge in [0.15, 0.2) is 0 Å². The minimum atomic E-state index is 0.0447. The zero-order valence-electron chi connectivity index (χ0n) is 9.25. The number of anilines is 1. The van der Waals surface area contributed by atoms with Crippen LogP contribution in [0.15, 0.2) is 0 Å². The molecular formula is C10H17N3OS. The lowest BCUT2D eigenvalue weighted by molar-refractivity contribution is 0.185. The van der Waals surface area contributed by atoms with Gasteiger partial charge in [0.1, 0.15) is 5.82 Å². The van der Waals surface area contributed by atoms with E-state index in [1.54, 1.807) is 0 Å². The Balaban J connectivity index is 1.97. The van der Waals surface area contributed by atoms with E-state index in [0.29, 0.717) is 0 Å². The van der Waals surface area contributed by atoms with E-state index in [-0.39, 0.29) is 5.54 Å². The topological polar surface area (TPSA) is 47.0 Å². The average molecular weight is 227 g/mol. The van der Waals surface area contributed by atoms with Gasteiger partial charge in [-0.2, -0.15) is 4.37 Å². The quantitative estimate of drug-likeness (QED) is 0.855. The summed E-state index contributed by atoms with van der Waals surface area (Å²) in [5.74, 6) is 0.951. The van der Waals surface area contributed by atoms with Crippen molar-refractivity contribution in [2.75, 3.05) is 18.5 Å². The normalized spacial score (nSPS) is 25.7. The molecule has 0 radical (unpaired) electrons. The zero-order chi connectivity index (χ0) is 10.7. The molecule has 0 bridgehead atoms. The molecule has 5 heteroatoms. The summed E-state index contributed by atoms with van der Waals surface area (Å²) in [5, 5.41) is 4.34. The second-order valence-electron chi connectivity index (χ2n) is 4.25. The van der Waals surface area contributed by atoms with E-state index in [9.17, 15) is 0 Å². The first-order chi connectivity index (χ1) is 7.22. The van der Waals surface area contributed by atoms with Crippen molar-refractivity contribution >= 4 is 16.7 Å². The Hall–Kier alpha value is -0.680. The number of aryl methyl sites for hydroxylation is 1. The molecule has 1 fully saturated rings. The van der Waals surface area contributed by atoms with Crippen LogP contribution in [0, 0.1) is 0 Å². The highest BCUT2D eigenvalue weighted by molar-refractivity contribution is 7.09. The van der Waals surface area contributed by atoms with Crippen molar-refractivity contribution < 1.29 is 4.74 Å². The molecule has 1 N–H and O–H groups in total. The first-order valence-corrected chi connectivity index (χ1v) is 6.18. The fraction of sp³-hybridized carbons (Fsp3) is 0.800. The maximum absolute atomic E-state index is 5.38. The third kappa shape index (κ3) is 2.66. The summed E-state index contributed by atoms with van der Waals surface area (Å²) in [6.07, 6.45) is 3.09. The van der Waals surface area contributed by atoms with E-state index < -0.39 is 0 Å². The first kappa shape index (κ1) is 10.8. The van der Waals surface area contributed by atoms with Crippen molar-refractivity contribution in [2.24, 2.45) is 0 Å². The number of hydrogen-bond acceptors (Lipinski definition) is 5. The number of ether oxygens (including phenoxy) is 1. The SMILES string of the molecule is CCCc1nsc(NC2(C)CCOC2)n1. The molecule has 1 saturated heterocycles. The zero-order valence-corrected chi connectivity index (χ0v) is 10.1.